The van der Waals surface area contributed by atoms with Crippen molar-refractivity contribution in [3.05, 3.63) is 28.7 Å². The Morgan fingerprint density at radius 2 is 1.96 bits per heavy atom. The van der Waals surface area contributed by atoms with E-state index in [1.807, 2.05) is 36.1 Å². The molecule has 4 nitrogen and oxygen atoms in total. The molecular weight excluding hydrogens is 390 g/mol. The SMILES string of the molecule is CCOc1cc(/C=C2/SC(=S)N(C3CCCCC3)C2=O)ccc1OCC(C)C. The van der Waals surface area contributed by atoms with Crippen LogP contribution >= 0.6 is 24.0 Å². The minimum absolute atomic E-state index is 0.0417. The number of rotatable bonds is 7. The van der Waals surface area contributed by atoms with E-state index < -0.39 is 0 Å². The molecule has 1 saturated carbocycles. The van der Waals surface area contributed by atoms with Crippen molar-refractivity contribution < 1.29 is 14.3 Å². The summed E-state index contributed by atoms with van der Waals surface area (Å²) in [5.41, 5.74) is 0.921. The maximum Gasteiger partial charge on any atom is 0.266 e. The van der Waals surface area contributed by atoms with Gasteiger partial charge in [0, 0.05) is 6.04 Å². The number of nitrogens with zero attached hydrogens (tertiary/aromatic N) is 1. The number of benzene rings is 1. The van der Waals surface area contributed by atoms with Crippen LogP contribution in [0, 0.1) is 5.92 Å². The molecule has 0 unspecified atom stereocenters. The standard InChI is InChI=1S/C22H29NO3S2/c1-4-25-19-12-16(10-11-18(19)26-14-15(2)3)13-20-21(24)23(22(27)28-20)17-8-6-5-7-9-17/h10-13,15,17H,4-9,14H2,1-3H3/b20-13+. The van der Waals surface area contributed by atoms with Gasteiger partial charge in [-0.15, -0.1) is 0 Å². The average molecular weight is 420 g/mol. The number of hydrogen-bond donors (Lipinski definition) is 0. The zero-order valence-electron chi connectivity index (χ0n) is 16.9. The van der Waals surface area contributed by atoms with Gasteiger partial charge in [-0.25, -0.2) is 0 Å². The Morgan fingerprint density at radius 3 is 2.64 bits per heavy atom. The fourth-order valence-electron chi connectivity index (χ4n) is 3.54. The lowest BCUT2D eigenvalue weighted by molar-refractivity contribution is -0.124. The first kappa shape index (κ1) is 21.2. The van der Waals surface area contributed by atoms with E-state index in [0.717, 1.165) is 24.2 Å². The zero-order chi connectivity index (χ0) is 20.1. The largest absolute Gasteiger partial charge is 0.490 e. The van der Waals surface area contributed by atoms with Crippen LogP contribution in [-0.4, -0.2) is 34.4 Å². The van der Waals surface area contributed by atoms with Crippen LogP contribution in [0.4, 0.5) is 0 Å². The maximum absolute atomic E-state index is 13.0. The molecule has 6 heteroatoms. The summed E-state index contributed by atoms with van der Waals surface area (Å²) in [6.07, 6.45) is 7.63. The smallest absolute Gasteiger partial charge is 0.266 e. The number of thiocarbonyl (C=S) groups is 1. The Morgan fingerprint density at radius 1 is 1.21 bits per heavy atom. The fraction of sp³-hybridized carbons (Fsp3) is 0.545. The number of carbonyl (C=O) groups is 1. The van der Waals surface area contributed by atoms with Gasteiger partial charge in [0.05, 0.1) is 18.1 Å². The van der Waals surface area contributed by atoms with Crippen molar-refractivity contribution in [2.45, 2.75) is 58.9 Å². The van der Waals surface area contributed by atoms with E-state index in [1.54, 1.807) is 0 Å². The Kier molecular flexibility index (Phi) is 7.41. The van der Waals surface area contributed by atoms with Gasteiger partial charge in [-0.3, -0.25) is 9.69 Å². The van der Waals surface area contributed by atoms with Crippen molar-refractivity contribution in [1.82, 2.24) is 4.90 Å². The van der Waals surface area contributed by atoms with Crippen LogP contribution in [0.5, 0.6) is 11.5 Å². The number of carbonyl (C=O) groups excluding carboxylic acids is 1. The Bertz CT molecular complexity index is 754. The highest BCUT2D eigenvalue weighted by atomic mass is 32.2. The zero-order valence-corrected chi connectivity index (χ0v) is 18.5. The molecule has 1 aromatic carbocycles. The second-order valence-corrected chi connectivity index (χ2v) is 9.36. The molecule has 1 aliphatic heterocycles. The Hall–Kier alpha value is -1.53. The molecule has 1 heterocycles. The van der Waals surface area contributed by atoms with E-state index >= 15 is 0 Å². The Balaban J connectivity index is 1.79. The Labute approximate surface area is 177 Å². The lowest BCUT2D eigenvalue weighted by atomic mass is 9.94. The van der Waals surface area contributed by atoms with Gasteiger partial charge in [-0.05, 0) is 49.5 Å². The van der Waals surface area contributed by atoms with Gasteiger partial charge < -0.3 is 9.47 Å². The molecule has 0 atom stereocenters. The third-order valence-electron chi connectivity index (χ3n) is 4.90. The molecule has 0 bridgehead atoms. The van der Waals surface area contributed by atoms with Crippen LogP contribution in [0.15, 0.2) is 23.1 Å². The molecule has 1 aliphatic carbocycles. The minimum atomic E-state index is 0.0417. The van der Waals surface area contributed by atoms with Gasteiger partial charge in [0.1, 0.15) is 4.32 Å². The topological polar surface area (TPSA) is 38.8 Å². The number of ether oxygens (including phenoxy) is 2. The number of hydrogen-bond acceptors (Lipinski definition) is 5. The number of thioether (sulfide) groups is 1. The molecule has 2 fully saturated rings. The molecule has 1 saturated heterocycles. The normalized spacial score (nSPS) is 19.7. The number of amides is 1. The second kappa shape index (κ2) is 9.79. The highest BCUT2D eigenvalue weighted by Crippen LogP contribution is 2.38. The van der Waals surface area contributed by atoms with E-state index in [9.17, 15) is 4.79 Å². The van der Waals surface area contributed by atoms with E-state index in [0.29, 0.717) is 34.1 Å². The third-order valence-corrected chi connectivity index (χ3v) is 6.23. The van der Waals surface area contributed by atoms with E-state index in [2.05, 4.69) is 13.8 Å². The van der Waals surface area contributed by atoms with E-state index in [4.69, 9.17) is 21.7 Å². The summed E-state index contributed by atoms with van der Waals surface area (Å²) in [5, 5.41) is 0. The molecule has 152 valence electrons. The molecule has 1 amide bonds. The molecule has 2 aliphatic rings. The monoisotopic (exact) mass is 419 g/mol. The van der Waals surface area contributed by atoms with Crippen LogP contribution in [0.25, 0.3) is 6.08 Å². The quantitative estimate of drug-likeness (QED) is 0.421. The minimum Gasteiger partial charge on any atom is -0.490 e. The molecular formula is C22H29NO3S2. The van der Waals surface area contributed by atoms with Gasteiger partial charge in [0.15, 0.2) is 11.5 Å². The van der Waals surface area contributed by atoms with Crippen molar-refractivity contribution in [3.63, 3.8) is 0 Å². The van der Waals surface area contributed by atoms with E-state index in [-0.39, 0.29) is 11.9 Å². The summed E-state index contributed by atoms with van der Waals surface area (Å²) >= 11 is 6.93. The molecule has 0 spiro atoms. The molecule has 0 N–H and O–H groups in total. The van der Waals surface area contributed by atoms with Crippen molar-refractivity contribution in [3.8, 4) is 11.5 Å². The lowest BCUT2D eigenvalue weighted by Gasteiger charge is -2.29. The third kappa shape index (κ3) is 5.09. The van der Waals surface area contributed by atoms with Crippen molar-refractivity contribution >= 4 is 40.3 Å². The van der Waals surface area contributed by atoms with E-state index in [1.165, 1.54) is 31.0 Å². The predicted molar refractivity (Wildman–Crippen MR) is 120 cm³/mol. The lowest BCUT2D eigenvalue weighted by Crippen LogP contribution is -2.39. The summed E-state index contributed by atoms with van der Waals surface area (Å²) in [7, 11) is 0. The van der Waals surface area contributed by atoms with Crippen LogP contribution in [0.2, 0.25) is 0 Å². The van der Waals surface area contributed by atoms with Gasteiger partial charge in [0.2, 0.25) is 0 Å². The highest BCUT2D eigenvalue weighted by Gasteiger charge is 2.37. The highest BCUT2D eigenvalue weighted by molar-refractivity contribution is 8.26. The van der Waals surface area contributed by atoms with Crippen LogP contribution in [0.3, 0.4) is 0 Å². The average Bonchev–Trinajstić information content (AvgIpc) is 2.95. The first-order chi connectivity index (χ1) is 13.5. The first-order valence-electron chi connectivity index (χ1n) is 10.2. The summed E-state index contributed by atoms with van der Waals surface area (Å²) < 4.78 is 12.3. The summed E-state index contributed by atoms with van der Waals surface area (Å²) in [5.74, 6) is 1.93. The van der Waals surface area contributed by atoms with Gasteiger partial charge in [-0.2, -0.15) is 0 Å². The molecule has 0 radical (unpaired) electrons. The summed E-state index contributed by atoms with van der Waals surface area (Å²) in [4.78, 5) is 15.5. The van der Waals surface area contributed by atoms with Crippen molar-refractivity contribution in [1.29, 1.82) is 0 Å². The molecule has 0 aromatic heterocycles. The molecule has 1 aromatic rings. The van der Waals surface area contributed by atoms with Crippen LogP contribution in [-0.2, 0) is 4.79 Å². The first-order valence-corrected chi connectivity index (χ1v) is 11.4. The summed E-state index contributed by atoms with van der Waals surface area (Å²) in [6.45, 7) is 7.38. The van der Waals surface area contributed by atoms with Gasteiger partial charge in [0.25, 0.3) is 5.91 Å². The van der Waals surface area contributed by atoms with Crippen molar-refractivity contribution in [2.24, 2.45) is 5.92 Å². The van der Waals surface area contributed by atoms with Gasteiger partial charge in [-0.1, -0.05) is 63.2 Å². The second-order valence-electron chi connectivity index (χ2n) is 7.69. The summed E-state index contributed by atoms with van der Waals surface area (Å²) in [6, 6.07) is 6.08. The van der Waals surface area contributed by atoms with Crippen LogP contribution < -0.4 is 9.47 Å². The van der Waals surface area contributed by atoms with Crippen LogP contribution in [0.1, 0.15) is 58.4 Å². The maximum atomic E-state index is 13.0. The van der Waals surface area contributed by atoms with Crippen molar-refractivity contribution in [2.75, 3.05) is 13.2 Å². The fourth-order valence-corrected chi connectivity index (χ4v) is 4.94. The predicted octanol–water partition coefficient (Wildman–Crippen LogP) is 5.65. The molecule has 3 rings (SSSR count). The van der Waals surface area contributed by atoms with Gasteiger partial charge >= 0.3 is 0 Å². The molecule has 28 heavy (non-hydrogen) atoms.